The molecule has 10 heteroatoms. The SMILES string of the molecule is COc1ccc(Cl)cc1NC(=O)C(C)OC(=O)c1ccc(Cl)cc1[N+](=O)[O-]. The Bertz CT molecular complexity index is 903. The van der Waals surface area contributed by atoms with Crippen LogP contribution in [-0.2, 0) is 9.53 Å². The monoisotopic (exact) mass is 412 g/mol. The summed E-state index contributed by atoms with van der Waals surface area (Å²) < 4.78 is 10.1. The largest absolute Gasteiger partial charge is 0.495 e. The average Bonchev–Trinajstić information content (AvgIpc) is 2.61. The minimum Gasteiger partial charge on any atom is -0.495 e. The summed E-state index contributed by atoms with van der Waals surface area (Å²) in [5, 5.41) is 14.1. The molecule has 0 aliphatic carbocycles. The summed E-state index contributed by atoms with van der Waals surface area (Å²) in [7, 11) is 1.42. The van der Waals surface area contributed by atoms with Crippen LogP contribution >= 0.6 is 23.2 Å². The molecule has 2 aromatic rings. The van der Waals surface area contributed by atoms with Crippen molar-refractivity contribution in [2.24, 2.45) is 0 Å². The minimum absolute atomic E-state index is 0.0945. The maximum Gasteiger partial charge on any atom is 0.345 e. The van der Waals surface area contributed by atoms with Crippen molar-refractivity contribution in [3.8, 4) is 5.75 Å². The van der Waals surface area contributed by atoms with Crippen molar-refractivity contribution in [2.75, 3.05) is 12.4 Å². The summed E-state index contributed by atoms with van der Waals surface area (Å²) in [6.45, 7) is 1.33. The summed E-state index contributed by atoms with van der Waals surface area (Å²) in [6.07, 6.45) is -1.24. The van der Waals surface area contributed by atoms with E-state index in [0.29, 0.717) is 10.8 Å². The van der Waals surface area contributed by atoms with Crippen molar-refractivity contribution in [1.29, 1.82) is 0 Å². The van der Waals surface area contributed by atoms with Crippen LogP contribution in [0.4, 0.5) is 11.4 Å². The molecular formula is C17H14Cl2N2O6. The van der Waals surface area contributed by atoms with Crippen LogP contribution in [0.3, 0.4) is 0 Å². The van der Waals surface area contributed by atoms with E-state index in [1.807, 2.05) is 0 Å². The van der Waals surface area contributed by atoms with Gasteiger partial charge in [0.05, 0.1) is 17.7 Å². The predicted octanol–water partition coefficient (Wildman–Crippen LogP) is 4.09. The topological polar surface area (TPSA) is 108 Å². The first-order valence-electron chi connectivity index (χ1n) is 7.52. The maximum atomic E-state index is 12.3. The number of nitro benzene ring substituents is 1. The second kappa shape index (κ2) is 8.70. The van der Waals surface area contributed by atoms with Crippen molar-refractivity contribution in [3.05, 3.63) is 62.1 Å². The number of amides is 1. The molecule has 0 bridgehead atoms. The van der Waals surface area contributed by atoms with E-state index in [2.05, 4.69) is 5.32 Å². The van der Waals surface area contributed by atoms with Crippen molar-refractivity contribution in [1.82, 2.24) is 0 Å². The molecule has 2 aromatic carbocycles. The number of rotatable bonds is 6. The molecule has 0 saturated carbocycles. The second-order valence-electron chi connectivity index (χ2n) is 5.30. The fourth-order valence-electron chi connectivity index (χ4n) is 2.12. The highest BCUT2D eigenvalue weighted by Gasteiger charge is 2.26. The molecule has 0 aliphatic rings. The van der Waals surface area contributed by atoms with Crippen LogP contribution in [0.1, 0.15) is 17.3 Å². The summed E-state index contributed by atoms with van der Waals surface area (Å²) in [5.74, 6) is -1.33. The van der Waals surface area contributed by atoms with E-state index in [-0.39, 0.29) is 16.3 Å². The molecule has 0 aliphatic heterocycles. The van der Waals surface area contributed by atoms with Crippen molar-refractivity contribution in [2.45, 2.75) is 13.0 Å². The molecule has 1 N–H and O–H groups in total. The van der Waals surface area contributed by atoms with Crippen LogP contribution < -0.4 is 10.1 Å². The van der Waals surface area contributed by atoms with E-state index in [9.17, 15) is 19.7 Å². The Balaban J connectivity index is 2.14. The number of ether oxygens (including phenoxy) is 2. The highest BCUT2D eigenvalue weighted by atomic mass is 35.5. The Kier molecular flexibility index (Phi) is 6.59. The third-order valence-electron chi connectivity index (χ3n) is 3.45. The van der Waals surface area contributed by atoms with Gasteiger partial charge in [-0.15, -0.1) is 0 Å². The lowest BCUT2D eigenvalue weighted by Crippen LogP contribution is -2.30. The minimum atomic E-state index is -1.24. The number of hydrogen-bond acceptors (Lipinski definition) is 6. The molecule has 0 aromatic heterocycles. The number of nitrogens with one attached hydrogen (secondary N) is 1. The smallest absolute Gasteiger partial charge is 0.345 e. The Morgan fingerprint density at radius 2 is 1.78 bits per heavy atom. The number of benzene rings is 2. The average molecular weight is 413 g/mol. The molecule has 0 radical (unpaired) electrons. The van der Waals surface area contributed by atoms with Gasteiger partial charge in [-0.1, -0.05) is 23.2 Å². The Morgan fingerprint density at radius 1 is 1.15 bits per heavy atom. The zero-order chi connectivity index (χ0) is 20.1. The van der Waals surface area contributed by atoms with E-state index in [0.717, 1.165) is 12.1 Å². The van der Waals surface area contributed by atoms with Gasteiger partial charge in [-0.3, -0.25) is 14.9 Å². The van der Waals surface area contributed by atoms with Gasteiger partial charge in [-0.05, 0) is 37.3 Å². The lowest BCUT2D eigenvalue weighted by Gasteiger charge is -2.15. The summed E-state index contributed by atoms with van der Waals surface area (Å²) in [5.41, 5.74) is -0.545. The number of nitro groups is 1. The lowest BCUT2D eigenvalue weighted by molar-refractivity contribution is -0.385. The highest BCUT2D eigenvalue weighted by molar-refractivity contribution is 6.31. The van der Waals surface area contributed by atoms with Crippen molar-refractivity contribution in [3.63, 3.8) is 0 Å². The van der Waals surface area contributed by atoms with Gasteiger partial charge in [0.1, 0.15) is 11.3 Å². The normalized spacial score (nSPS) is 11.4. The quantitative estimate of drug-likeness (QED) is 0.434. The molecule has 0 heterocycles. The number of esters is 1. The van der Waals surface area contributed by atoms with Gasteiger partial charge >= 0.3 is 5.97 Å². The molecule has 1 atom stereocenters. The first-order valence-corrected chi connectivity index (χ1v) is 8.28. The van der Waals surface area contributed by atoms with Gasteiger partial charge in [-0.25, -0.2) is 4.79 Å². The number of halogens is 2. The fraction of sp³-hybridized carbons (Fsp3) is 0.176. The molecule has 0 saturated heterocycles. The van der Waals surface area contributed by atoms with E-state index < -0.39 is 28.6 Å². The van der Waals surface area contributed by atoms with Crippen LogP contribution in [-0.4, -0.2) is 30.0 Å². The maximum absolute atomic E-state index is 12.3. The number of nitrogens with zero attached hydrogens (tertiary/aromatic N) is 1. The van der Waals surface area contributed by atoms with E-state index in [1.165, 1.54) is 26.2 Å². The molecule has 142 valence electrons. The van der Waals surface area contributed by atoms with Crippen molar-refractivity contribution >= 4 is 46.5 Å². The third-order valence-corrected chi connectivity index (χ3v) is 3.92. The first kappa shape index (κ1) is 20.5. The molecular weight excluding hydrogens is 399 g/mol. The predicted molar refractivity (Wildman–Crippen MR) is 99.6 cm³/mol. The summed E-state index contributed by atoms with van der Waals surface area (Å²) in [6, 6.07) is 8.11. The Hall–Kier alpha value is -2.84. The third kappa shape index (κ3) is 5.08. The van der Waals surface area contributed by atoms with Crippen LogP contribution in [0, 0.1) is 10.1 Å². The number of anilines is 1. The van der Waals surface area contributed by atoms with Gasteiger partial charge < -0.3 is 14.8 Å². The Morgan fingerprint density at radius 3 is 2.41 bits per heavy atom. The molecule has 27 heavy (non-hydrogen) atoms. The highest BCUT2D eigenvalue weighted by Crippen LogP contribution is 2.28. The van der Waals surface area contributed by atoms with Crippen LogP contribution in [0.5, 0.6) is 5.75 Å². The van der Waals surface area contributed by atoms with Gasteiger partial charge in [0.15, 0.2) is 6.10 Å². The molecule has 1 amide bonds. The summed E-state index contributed by atoms with van der Waals surface area (Å²) in [4.78, 5) is 34.8. The van der Waals surface area contributed by atoms with Gasteiger partial charge in [0, 0.05) is 16.1 Å². The van der Waals surface area contributed by atoms with E-state index in [1.54, 1.807) is 12.1 Å². The lowest BCUT2D eigenvalue weighted by atomic mass is 10.2. The first-order chi connectivity index (χ1) is 12.7. The zero-order valence-electron chi connectivity index (χ0n) is 14.2. The number of methoxy groups -OCH3 is 1. The number of hydrogen-bond donors (Lipinski definition) is 1. The van der Waals surface area contributed by atoms with Crippen molar-refractivity contribution < 1.29 is 24.0 Å². The van der Waals surface area contributed by atoms with E-state index in [4.69, 9.17) is 32.7 Å². The van der Waals surface area contributed by atoms with Crippen LogP contribution in [0.25, 0.3) is 0 Å². The van der Waals surface area contributed by atoms with E-state index >= 15 is 0 Å². The second-order valence-corrected chi connectivity index (χ2v) is 6.17. The fourth-order valence-corrected chi connectivity index (χ4v) is 2.46. The standard InChI is InChI=1S/C17H14Cl2N2O6/c1-9(16(22)20-13-7-10(18)4-6-15(13)26-2)27-17(23)12-5-3-11(19)8-14(12)21(24)25/h3-9H,1-2H3,(H,20,22). The van der Waals surface area contributed by atoms with Gasteiger partial charge in [0.2, 0.25) is 0 Å². The van der Waals surface area contributed by atoms with Crippen LogP contribution in [0.2, 0.25) is 10.0 Å². The number of carbonyl (C=O) groups excluding carboxylic acids is 2. The molecule has 0 spiro atoms. The zero-order valence-corrected chi connectivity index (χ0v) is 15.7. The molecule has 8 nitrogen and oxygen atoms in total. The number of carbonyl (C=O) groups is 2. The van der Waals surface area contributed by atoms with Gasteiger partial charge in [-0.2, -0.15) is 0 Å². The Labute approximate surface area is 164 Å². The van der Waals surface area contributed by atoms with Crippen LogP contribution in [0.15, 0.2) is 36.4 Å². The molecule has 1 unspecified atom stereocenters. The summed E-state index contributed by atoms with van der Waals surface area (Å²) >= 11 is 11.6. The molecule has 0 fully saturated rings. The van der Waals surface area contributed by atoms with Gasteiger partial charge in [0.25, 0.3) is 11.6 Å². The molecule has 2 rings (SSSR count).